The second-order valence-electron chi connectivity index (χ2n) is 11.4. The van der Waals surface area contributed by atoms with Crippen LogP contribution < -0.4 is 10.6 Å². The van der Waals surface area contributed by atoms with E-state index in [-0.39, 0.29) is 16.8 Å². The molecule has 3 aromatic rings. The molecule has 1 saturated carbocycles. The van der Waals surface area contributed by atoms with Crippen molar-refractivity contribution in [2.75, 3.05) is 17.2 Å². The molecule has 1 aliphatic carbocycles. The summed E-state index contributed by atoms with van der Waals surface area (Å²) >= 11 is 0. The molecule has 2 N–H and O–H groups in total. The van der Waals surface area contributed by atoms with Crippen LogP contribution in [-0.4, -0.2) is 29.3 Å². The second-order valence-corrected chi connectivity index (χ2v) is 11.4. The van der Waals surface area contributed by atoms with E-state index in [9.17, 15) is 27.2 Å². The first-order valence-electron chi connectivity index (χ1n) is 14.4. The summed E-state index contributed by atoms with van der Waals surface area (Å²) in [6.07, 6.45) is 0.915. The van der Waals surface area contributed by atoms with Crippen LogP contribution in [-0.2, 0) is 11.0 Å². The number of carbonyl (C=O) groups excluding carboxylic acids is 2. The molecule has 3 aromatic carbocycles. The van der Waals surface area contributed by atoms with E-state index in [4.69, 9.17) is 0 Å². The lowest BCUT2D eigenvalue weighted by Gasteiger charge is -2.41. The van der Waals surface area contributed by atoms with Gasteiger partial charge in [0.15, 0.2) is 0 Å². The summed E-state index contributed by atoms with van der Waals surface area (Å²) in [5, 5.41) is 6.20. The number of nitrogens with zero attached hydrogens (tertiary/aromatic N) is 1. The van der Waals surface area contributed by atoms with Gasteiger partial charge in [0, 0.05) is 24.0 Å². The standard InChI is InChI=1S/C33H35F4N3O2/c1-20-12-15-25(19-27(20)33(35,36)37)39-31(41)26-10-6-18-40(32(42)29-21(2)7-5-11-28(29)34)30(26)22-13-16-24(17-14-22)38-23-8-3-4-9-23/h5,7,11-17,19,23,26,30,38H,3-4,6,8-10,18H2,1-2H3,(H,39,41). The third kappa shape index (κ3) is 6.30. The quantitative estimate of drug-likeness (QED) is 0.290. The summed E-state index contributed by atoms with van der Waals surface area (Å²) in [6, 6.07) is 15.4. The minimum atomic E-state index is -4.56. The van der Waals surface area contributed by atoms with E-state index in [0.717, 1.165) is 24.6 Å². The van der Waals surface area contributed by atoms with Crippen LogP contribution in [0.3, 0.4) is 0 Å². The Hall–Kier alpha value is -3.88. The fraction of sp³-hybridized carbons (Fsp3) is 0.394. The fourth-order valence-corrected chi connectivity index (χ4v) is 6.28. The van der Waals surface area contributed by atoms with Crippen LogP contribution in [0.15, 0.2) is 60.7 Å². The molecule has 1 heterocycles. The van der Waals surface area contributed by atoms with Gasteiger partial charge in [-0.15, -0.1) is 0 Å². The minimum Gasteiger partial charge on any atom is -0.382 e. The Kier molecular flexibility index (Phi) is 8.57. The van der Waals surface area contributed by atoms with Crippen LogP contribution in [0.25, 0.3) is 0 Å². The van der Waals surface area contributed by atoms with Crippen molar-refractivity contribution in [3.63, 3.8) is 0 Å². The summed E-state index contributed by atoms with van der Waals surface area (Å²) in [4.78, 5) is 29.1. The van der Waals surface area contributed by atoms with Crippen molar-refractivity contribution in [3.8, 4) is 0 Å². The Labute approximate surface area is 243 Å². The summed E-state index contributed by atoms with van der Waals surface area (Å²) in [5.74, 6) is -2.41. The van der Waals surface area contributed by atoms with E-state index in [0.29, 0.717) is 36.6 Å². The molecule has 2 atom stereocenters. The van der Waals surface area contributed by atoms with Crippen molar-refractivity contribution >= 4 is 23.2 Å². The fourth-order valence-electron chi connectivity index (χ4n) is 6.28. The number of benzene rings is 3. The molecular formula is C33H35F4N3O2. The van der Waals surface area contributed by atoms with Crippen LogP contribution >= 0.6 is 0 Å². The number of anilines is 2. The molecular weight excluding hydrogens is 546 g/mol. The van der Waals surface area contributed by atoms with Crippen molar-refractivity contribution in [2.45, 2.75) is 70.6 Å². The third-order valence-electron chi connectivity index (χ3n) is 8.45. The predicted molar refractivity (Wildman–Crippen MR) is 155 cm³/mol. The number of nitrogens with one attached hydrogen (secondary N) is 2. The van der Waals surface area contributed by atoms with Gasteiger partial charge in [0.1, 0.15) is 5.82 Å². The summed E-state index contributed by atoms with van der Waals surface area (Å²) in [5.41, 5.74) is 1.34. The number of amides is 2. The molecule has 2 amide bonds. The monoisotopic (exact) mass is 581 g/mol. The van der Waals surface area contributed by atoms with Crippen LogP contribution in [0.2, 0.25) is 0 Å². The molecule has 1 aliphatic heterocycles. The van der Waals surface area contributed by atoms with Crippen LogP contribution in [0, 0.1) is 25.6 Å². The lowest BCUT2D eigenvalue weighted by Crippen LogP contribution is -2.46. The number of aryl methyl sites for hydroxylation is 2. The maximum Gasteiger partial charge on any atom is 0.416 e. The Balaban J connectivity index is 1.48. The molecule has 0 spiro atoms. The molecule has 42 heavy (non-hydrogen) atoms. The predicted octanol–water partition coefficient (Wildman–Crippen LogP) is 8.05. The van der Waals surface area contributed by atoms with Gasteiger partial charge < -0.3 is 15.5 Å². The highest BCUT2D eigenvalue weighted by molar-refractivity contribution is 5.98. The Morgan fingerprint density at radius 3 is 2.21 bits per heavy atom. The maximum atomic E-state index is 14.9. The highest BCUT2D eigenvalue weighted by Crippen LogP contribution is 2.40. The van der Waals surface area contributed by atoms with Crippen molar-refractivity contribution < 1.29 is 27.2 Å². The maximum absolute atomic E-state index is 14.9. The van der Waals surface area contributed by atoms with E-state index in [1.807, 2.05) is 24.3 Å². The SMILES string of the molecule is Cc1ccc(NC(=O)C2CCCN(C(=O)c3c(C)cccc3F)C2c2ccc(NC3CCCC3)cc2)cc1C(F)(F)F. The van der Waals surface area contributed by atoms with Crippen LogP contribution in [0.1, 0.15) is 77.2 Å². The van der Waals surface area contributed by atoms with Crippen LogP contribution in [0.4, 0.5) is 28.9 Å². The lowest BCUT2D eigenvalue weighted by atomic mass is 9.83. The molecule has 5 rings (SSSR count). The molecule has 5 nitrogen and oxygen atoms in total. The number of likely N-dealkylation sites (tertiary alicyclic amines) is 1. The number of halogens is 4. The summed E-state index contributed by atoms with van der Waals surface area (Å²) < 4.78 is 55.5. The van der Waals surface area contributed by atoms with Gasteiger partial charge in [-0.3, -0.25) is 9.59 Å². The van der Waals surface area contributed by atoms with Gasteiger partial charge in [-0.2, -0.15) is 13.2 Å². The number of piperidine rings is 1. The van der Waals surface area contributed by atoms with Gasteiger partial charge in [0.2, 0.25) is 5.91 Å². The zero-order valence-electron chi connectivity index (χ0n) is 23.7. The molecule has 0 bridgehead atoms. The number of carbonyl (C=O) groups is 2. The Bertz CT molecular complexity index is 1430. The van der Waals surface area contributed by atoms with Gasteiger partial charge >= 0.3 is 6.18 Å². The molecule has 2 aliphatic rings. The van der Waals surface area contributed by atoms with Crippen LogP contribution in [0.5, 0.6) is 0 Å². The largest absolute Gasteiger partial charge is 0.416 e. The summed E-state index contributed by atoms with van der Waals surface area (Å²) in [7, 11) is 0. The highest BCUT2D eigenvalue weighted by atomic mass is 19.4. The first-order valence-corrected chi connectivity index (χ1v) is 14.4. The zero-order chi connectivity index (χ0) is 30.0. The molecule has 0 aromatic heterocycles. The third-order valence-corrected chi connectivity index (χ3v) is 8.45. The number of rotatable bonds is 6. The normalized spacial score (nSPS) is 19.5. The van der Waals surface area contributed by atoms with Gasteiger partial charge in [-0.1, -0.05) is 43.2 Å². The molecule has 0 radical (unpaired) electrons. The van der Waals surface area contributed by atoms with E-state index < -0.39 is 41.3 Å². The second kappa shape index (κ2) is 12.2. The zero-order valence-corrected chi connectivity index (χ0v) is 23.7. The lowest BCUT2D eigenvalue weighted by molar-refractivity contribution is -0.138. The number of hydrogen-bond acceptors (Lipinski definition) is 3. The Morgan fingerprint density at radius 1 is 0.857 bits per heavy atom. The van der Waals surface area contributed by atoms with Crippen molar-refractivity contribution in [2.24, 2.45) is 5.92 Å². The van der Waals surface area contributed by atoms with Gasteiger partial charge in [-0.05, 0) is 86.6 Å². The van der Waals surface area contributed by atoms with Gasteiger partial charge in [0.05, 0.1) is 23.1 Å². The van der Waals surface area contributed by atoms with Crippen molar-refractivity contribution in [1.82, 2.24) is 4.90 Å². The Morgan fingerprint density at radius 2 is 1.55 bits per heavy atom. The summed E-state index contributed by atoms with van der Waals surface area (Å²) in [6.45, 7) is 3.34. The molecule has 9 heteroatoms. The van der Waals surface area contributed by atoms with E-state index >= 15 is 0 Å². The smallest absolute Gasteiger partial charge is 0.382 e. The highest BCUT2D eigenvalue weighted by Gasteiger charge is 2.41. The van der Waals surface area contributed by atoms with Crippen molar-refractivity contribution in [3.05, 3.63) is 94.3 Å². The first kappa shape index (κ1) is 29.6. The van der Waals surface area contributed by atoms with Crippen molar-refractivity contribution in [1.29, 1.82) is 0 Å². The first-order chi connectivity index (χ1) is 20.0. The number of alkyl halides is 3. The van der Waals surface area contributed by atoms with Gasteiger partial charge in [-0.25, -0.2) is 4.39 Å². The topological polar surface area (TPSA) is 61.4 Å². The number of hydrogen-bond donors (Lipinski definition) is 2. The van der Waals surface area contributed by atoms with E-state index in [1.54, 1.807) is 13.0 Å². The molecule has 222 valence electrons. The minimum absolute atomic E-state index is 0.0289. The molecule has 1 saturated heterocycles. The van der Waals surface area contributed by atoms with E-state index in [1.165, 1.54) is 48.9 Å². The van der Waals surface area contributed by atoms with Gasteiger partial charge in [0.25, 0.3) is 5.91 Å². The average molecular weight is 582 g/mol. The van der Waals surface area contributed by atoms with E-state index in [2.05, 4.69) is 10.6 Å². The average Bonchev–Trinajstić information content (AvgIpc) is 3.46. The molecule has 2 fully saturated rings. The molecule has 2 unspecified atom stereocenters.